The molecule has 5 nitrogen and oxygen atoms in total. The number of pyridine rings is 2. The monoisotopic (exact) mass is 603 g/mol. The van der Waals surface area contributed by atoms with Crippen LogP contribution in [0.1, 0.15) is 0 Å². The number of para-hydroxylation sites is 2. The molecule has 0 fully saturated rings. The van der Waals surface area contributed by atoms with E-state index < -0.39 is 0 Å². The van der Waals surface area contributed by atoms with Gasteiger partial charge in [0.15, 0.2) is 5.58 Å². The molecule has 0 bridgehead atoms. The number of nitrogens with zero attached hydrogens (tertiary/aromatic N) is 3. The summed E-state index contributed by atoms with van der Waals surface area (Å²) < 4.78 is 12.7. The number of furan rings is 2. The largest absolute Gasteiger partial charge is 0.452 e. The van der Waals surface area contributed by atoms with E-state index >= 15 is 0 Å². The van der Waals surface area contributed by atoms with Crippen LogP contribution in [0.4, 0.5) is 17.1 Å². The number of hydrogen-bond donors (Lipinski definition) is 0. The molecule has 220 valence electrons. The second kappa shape index (κ2) is 10.0. The maximum absolute atomic E-state index is 6.56. The van der Waals surface area contributed by atoms with Crippen molar-refractivity contribution in [1.29, 1.82) is 0 Å². The van der Waals surface area contributed by atoms with E-state index in [0.29, 0.717) is 11.3 Å². The van der Waals surface area contributed by atoms with Gasteiger partial charge in [-0.3, -0.25) is 4.98 Å². The van der Waals surface area contributed by atoms with E-state index in [1.54, 1.807) is 0 Å². The van der Waals surface area contributed by atoms with Crippen LogP contribution < -0.4 is 4.90 Å². The summed E-state index contributed by atoms with van der Waals surface area (Å²) in [5.74, 6) is 0. The van der Waals surface area contributed by atoms with Crippen LogP contribution >= 0.6 is 0 Å². The van der Waals surface area contributed by atoms with Crippen molar-refractivity contribution in [1.82, 2.24) is 9.97 Å². The Balaban J connectivity index is 1.28. The Bertz CT molecular complexity index is 2830. The molecule has 6 aromatic carbocycles. The fraction of sp³-hybridized carbons (Fsp3) is 0. The summed E-state index contributed by atoms with van der Waals surface area (Å²) in [6, 6.07) is 48.6. The molecule has 0 aliphatic heterocycles. The van der Waals surface area contributed by atoms with Gasteiger partial charge >= 0.3 is 0 Å². The lowest BCUT2D eigenvalue weighted by Crippen LogP contribution is -2.11. The number of benzene rings is 6. The Labute approximate surface area is 268 Å². The van der Waals surface area contributed by atoms with Crippen LogP contribution in [0.2, 0.25) is 0 Å². The molecule has 10 aromatic rings. The first-order valence-corrected chi connectivity index (χ1v) is 15.6. The maximum atomic E-state index is 6.56. The summed E-state index contributed by atoms with van der Waals surface area (Å²) in [5.41, 5.74) is 8.79. The molecule has 0 saturated heterocycles. The van der Waals surface area contributed by atoms with E-state index in [-0.39, 0.29) is 0 Å². The highest BCUT2D eigenvalue weighted by atomic mass is 16.3. The predicted octanol–water partition coefficient (Wildman–Crippen LogP) is 11.7. The SMILES string of the molecule is c1ccc2cc(-c3cc(N(c4cnc5oc6ccccc6c5c4)c4ccnc5c4oc4ccccc45)cc4ccccc34)ccc2c1. The number of aromatic nitrogens is 2. The van der Waals surface area contributed by atoms with Gasteiger partial charge in [0.2, 0.25) is 5.71 Å². The number of anilines is 3. The van der Waals surface area contributed by atoms with E-state index in [1.165, 1.54) is 16.2 Å². The topological polar surface area (TPSA) is 55.3 Å². The van der Waals surface area contributed by atoms with Crippen LogP contribution in [0.15, 0.2) is 161 Å². The Hall–Kier alpha value is -6.46. The van der Waals surface area contributed by atoms with Crippen molar-refractivity contribution in [2.45, 2.75) is 0 Å². The van der Waals surface area contributed by atoms with Crippen molar-refractivity contribution in [3.05, 3.63) is 152 Å². The first kappa shape index (κ1) is 25.8. The van der Waals surface area contributed by atoms with Crippen LogP contribution in [0, 0.1) is 0 Å². The van der Waals surface area contributed by atoms with Gasteiger partial charge in [0.25, 0.3) is 0 Å². The Kier molecular flexibility index (Phi) is 5.51. The summed E-state index contributed by atoms with van der Waals surface area (Å²) in [7, 11) is 0. The predicted molar refractivity (Wildman–Crippen MR) is 192 cm³/mol. The van der Waals surface area contributed by atoms with Gasteiger partial charge in [-0.1, -0.05) is 91.0 Å². The van der Waals surface area contributed by atoms with Gasteiger partial charge in [-0.15, -0.1) is 0 Å². The van der Waals surface area contributed by atoms with Crippen LogP contribution in [0.25, 0.3) is 76.8 Å². The molecule has 0 N–H and O–H groups in total. The molecule has 47 heavy (non-hydrogen) atoms. The molecule has 4 aromatic heterocycles. The van der Waals surface area contributed by atoms with E-state index in [4.69, 9.17) is 18.8 Å². The van der Waals surface area contributed by atoms with Crippen molar-refractivity contribution < 1.29 is 8.83 Å². The summed E-state index contributed by atoms with van der Waals surface area (Å²) in [6.07, 6.45) is 3.74. The quantitative estimate of drug-likeness (QED) is 0.200. The maximum Gasteiger partial charge on any atom is 0.227 e. The third-order valence-electron chi connectivity index (χ3n) is 9.12. The average Bonchev–Trinajstić information content (AvgIpc) is 3.70. The van der Waals surface area contributed by atoms with Gasteiger partial charge in [0, 0.05) is 22.7 Å². The lowest BCUT2D eigenvalue weighted by Gasteiger charge is -2.26. The fourth-order valence-corrected chi connectivity index (χ4v) is 6.93. The van der Waals surface area contributed by atoms with Gasteiger partial charge in [0.05, 0.1) is 23.0 Å². The number of fused-ring (bicyclic) bond motifs is 8. The molecule has 0 saturated carbocycles. The zero-order valence-corrected chi connectivity index (χ0v) is 25.1. The first-order valence-electron chi connectivity index (χ1n) is 15.6. The van der Waals surface area contributed by atoms with E-state index in [2.05, 4.69) is 102 Å². The van der Waals surface area contributed by atoms with Gasteiger partial charge in [-0.05, 0) is 81.2 Å². The lowest BCUT2D eigenvalue weighted by atomic mass is 9.95. The van der Waals surface area contributed by atoms with E-state index in [0.717, 1.165) is 66.4 Å². The Morgan fingerprint density at radius 1 is 0.489 bits per heavy atom. The minimum atomic E-state index is 0.605. The van der Waals surface area contributed by atoms with Crippen LogP contribution in [-0.4, -0.2) is 9.97 Å². The van der Waals surface area contributed by atoms with Crippen LogP contribution in [0.3, 0.4) is 0 Å². The van der Waals surface area contributed by atoms with Crippen molar-refractivity contribution in [2.75, 3.05) is 4.90 Å². The minimum Gasteiger partial charge on any atom is -0.452 e. The summed E-state index contributed by atoms with van der Waals surface area (Å²) in [4.78, 5) is 11.8. The van der Waals surface area contributed by atoms with E-state index in [9.17, 15) is 0 Å². The molecule has 0 radical (unpaired) electrons. The Morgan fingerprint density at radius 2 is 1.21 bits per heavy atom. The standard InChI is InChI=1S/C42H25N3O2/c1-2-10-27-21-29(18-17-26(27)9-1)35-23-30(22-28-11-3-4-12-32(28)35)45(31-24-36-33-13-5-7-15-38(33)47-42(36)44-25-31)37-19-20-43-40-34-14-6-8-16-39(34)46-41(37)40/h1-25H. The third-order valence-corrected chi connectivity index (χ3v) is 9.12. The molecule has 0 spiro atoms. The first-order chi connectivity index (χ1) is 23.3. The second-order valence-electron chi connectivity index (χ2n) is 11.9. The lowest BCUT2D eigenvalue weighted by molar-refractivity contribution is 0.654. The van der Waals surface area contributed by atoms with Crippen molar-refractivity contribution in [2.24, 2.45) is 0 Å². The highest BCUT2D eigenvalue weighted by Crippen LogP contribution is 2.45. The number of rotatable bonds is 4. The summed E-state index contributed by atoms with van der Waals surface area (Å²) in [6.45, 7) is 0. The van der Waals surface area contributed by atoms with Gasteiger partial charge in [0.1, 0.15) is 16.7 Å². The van der Waals surface area contributed by atoms with E-state index in [1.807, 2.05) is 54.9 Å². The van der Waals surface area contributed by atoms with Crippen molar-refractivity contribution >= 4 is 82.7 Å². The molecular weight excluding hydrogens is 578 g/mol. The molecule has 0 aliphatic carbocycles. The third kappa shape index (κ3) is 4.03. The summed E-state index contributed by atoms with van der Waals surface area (Å²) in [5, 5.41) is 7.70. The molecule has 0 atom stereocenters. The molecule has 0 unspecified atom stereocenters. The average molecular weight is 604 g/mol. The summed E-state index contributed by atoms with van der Waals surface area (Å²) >= 11 is 0. The van der Waals surface area contributed by atoms with Gasteiger partial charge in [-0.25, -0.2) is 4.98 Å². The molecule has 4 heterocycles. The zero-order chi connectivity index (χ0) is 30.9. The molecule has 0 amide bonds. The molecule has 10 rings (SSSR count). The van der Waals surface area contributed by atoms with Crippen molar-refractivity contribution in [3.63, 3.8) is 0 Å². The van der Waals surface area contributed by atoms with Gasteiger partial charge in [-0.2, -0.15) is 0 Å². The molecule has 0 aliphatic rings. The highest BCUT2D eigenvalue weighted by molar-refractivity contribution is 6.10. The highest BCUT2D eigenvalue weighted by Gasteiger charge is 2.23. The van der Waals surface area contributed by atoms with Crippen LogP contribution in [0.5, 0.6) is 0 Å². The molecule has 5 heteroatoms. The number of hydrogen-bond acceptors (Lipinski definition) is 5. The zero-order valence-electron chi connectivity index (χ0n) is 25.1. The minimum absolute atomic E-state index is 0.605. The fourth-order valence-electron chi connectivity index (χ4n) is 6.93. The second-order valence-corrected chi connectivity index (χ2v) is 11.9. The van der Waals surface area contributed by atoms with Gasteiger partial charge < -0.3 is 13.7 Å². The van der Waals surface area contributed by atoms with Crippen LogP contribution in [-0.2, 0) is 0 Å². The smallest absolute Gasteiger partial charge is 0.227 e. The normalized spacial score (nSPS) is 11.8. The Morgan fingerprint density at radius 3 is 2.09 bits per heavy atom. The van der Waals surface area contributed by atoms with Crippen molar-refractivity contribution in [3.8, 4) is 11.1 Å². The molecular formula is C42H25N3O2.